The minimum atomic E-state index is 0.115. The van der Waals surface area contributed by atoms with Gasteiger partial charge in [-0.2, -0.15) is 0 Å². The van der Waals surface area contributed by atoms with Crippen LogP contribution in [0.15, 0.2) is 48.5 Å². The molecule has 0 bridgehead atoms. The number of methoxy groups -OCH3 is 1. The molecule has 0 amide bonds. The van der Waals surface area contributed by atoms with Gasteiger partial charge in [0, 0.05) is 23.2 Å². The number of aromatic nitrogens is 1. The van der Waals surface area contributed by atoms with Crippen LogP contribution in [-0.2, 0) is 6.42 Å². The molecule has 0 aliphatic rings. The summed E-state index contributed by atoms with van der Waals surface area (Å²) in [5, 5.41) is 1.15. The molecule has 0 fully saturated rings. The lowest BCUT2D eigenvalue weighted by Crippen LogP contribution is -2.03. The first kappa shape index (κ1) is 13.4. The second kappa shape index (κ2) is 5.44. The van der Waals surface area contributed by atoms with Gasteiger partial charge in [0.05, 0.1) is 7.11 Å². The first-order valence-electron chi connectivity index (χ1n) is 6.91. The summed E-state index contributed by atoms with van der Waals surface area (Å²) in [7, 11) is 1.62. The Balaban J connectivity index is 1.81. The van der Waals surface area contributed by atoms with Gasteiger partial charge in [-0.1, -0.05) is 6.07 Å². The number of aryl methyl sites for hydroxylation is 1. The van der Waals surface area contributed by atoms with Gasteiger partial charge in [0.25, 0.3) is 0 Å². The smallest absolute Gasteiger partial charge is 0.167 e. The van der Waals surface area contributed by atoms with Crippen molar-refractivity contribution in [1.82, 2.24) is 4.98 Å². The van der Waals surface area contributed by atoms with E-state index in [9.17, 15) is 4.79 Å². The van der Waals surface area contributed by atoms with Gasteiger partial charge < -0.3 is 9.72 Å². The van der Waals surface area contributed by atoms with Crippen LogP contribution in [0.2, 0.25) is 0 Å². The van der Waals surface area contributed by atoms with Crippen LogP contribution in [0, 0.1) is 6.92 Å². The Labute approximate surface area is 123 Å². The molecule has 3 rings (SSSR count). The molecule has 3 heteroatoms. The average molecular weight is 279 g/mol. The van der Waals surface area contributed by atoms with E-state index in [1.165, 1.54) is 0 Å². The molecule has 2 aromatic carbocycles. The molecule has 0 aliphatic carbocycles. The van der Waals surface area contributed by atoms with Gasteiger partial charge in [0.1, 0.15) is 5.75 Å². The van der Waals surface area contributed by atoms with Crippen molar-refractivity contribution in [2.24, 2.45) is 0 Å². The van der Waals surface area contributed by atoms with E-state index in [4.69, 9.17) is 4.74 Å². The maximum atomic E-state index is 12.3. The van der Waals surface area contributed by atoms with Gasteiger partial charge in [-0.25, -0.2) is 0 Å². The van der Waals surface area contributed by atoms with Crippen molar-refractivity contribution in [1.29, 1.82) is 0 Å². The maximum Gasteiger partial charge on any atom is 0.167 e. The van der Waals surface area contributed by atoms with Gasteiger partial charge in [-0.05, 0) is 60.3 Å². The molecule has 0 aliphatic heterocycles. The van der Waals surface area contributed by atoms with Crippen molar-refractivity contribution in [3.05, 3.63) is 65.4 Å². The molecule has 0 saturated carbocycles. The number of nitrogens with one attached hydrogen (secondary N) is 1. The SMILES string of the molecule is COc1ccc(C(=O)Cc2ccc3[nH]c(C)cc3c2)cc1. The van der Waals surface area contributed by atoms with Crippen molar-refractivity contribution < 1.29 is 9.53 Å². The molecule has 21 heavy (non-hydrogen) atoms. The number of carbonyl (C=O) groups excluding carboxylic acids is 1. The highest BCUT2D eigenvalue weighted by atomic mass is 16.5. The molecule has 1 N–H and O–H groups in total. The Morgan fingerprint density at radius 2 is 1.86 bits per heavy atom. The fourth-order valence-corrected chi connectivity index (χ4v) is 2.50. The Hall–Kier alpha value is -2.55. The predicted molar refractivity (Wildman–Crippen MR) is 84.1 cm³/mol. The normalized spacial score (nSPS) is 10.8. The van der Waals surface area contributed by atoms with Crippen molar-refractivity contribution >= 4 is 16.7 Å². The average Bonchev–Trinajstić information content (AvgIpc) is 2.86. The van der Waals surface area contributed by atoms with E-state index in [2.05, 4.69) is 17.1 Å². The number of hydrogen-bond acceptors (Lipinski definition) is 2. The molecule has 1 aromatic heterocycles. The quantitative estimate of drug-likeness (QED) is 0.736. The van der Waals surface area contributed by atoms with E-state index in [1.807, 2.05) is 31.2 Å². The summed E-state index contributed by atoms with van der Waals surface area (Å²) in [5.74, 6) is 0.875. The fraction of sp³-hybridized carbons (Fsp3) is 0.167. The van der Waals surface area contributed by atoms with E-state index < -0.39 is 0 Å². The number of ether oxygens (including phenoxy) is 1. The number of Topliss-reactive ketones (excluding diaryl/α,β-unsaturated/α-hetero) is 1. The Bertz CT molecular complexity index is 785. The van der Waals surface area contributed by atoms with Crippen LogP contribution < -0.4 is 4.74 Å². The number of aromatic amines is 1. The van der Waals surface area contributed by atoms with Crippen LogP contribution in [0.1, 0.15) is 21.6 Å². The molecule has 106 valence electrons. The lowest BCUT2D eigenvalue weighted by atomic mass is 10.0. The molecule has 3 aromatic rings. The van der Waals surface area contributed by atoms with Crippen LogP contribution >= 0.6 is 0 Å². The first-order chi connectivity index (χ1) is 10.2. The molecule has 0 atom stereocenters. The number of rotatable bonds is 4. The summed E-state index contributed by atoms with van der Waals surface area (Å²) >= 11 is 0. The highest BCUT2D eigenvalue weighted by molar-refractivity contribution is 5.98. The van der Waals surface area contributed by atoms with Crippen LogP contribution in [0.3, 0.4) is 0 Å². The van der Waals surface area contributed by atoms with Gasteiger partial charge in [0.15, 0.2) is 5.78 Å². The van der Waals surface area contributed by atoms with E-state index in [-0.39, 0.29) is 5.78 Å². The molecule has 0 saturated heterocycles. The van der Waals surface area contributed by atoms with Crippen molar-refractivity contribution in [2.75, 3.05) is 7.11 Å². The third-order valence-electron chi connectivity index (χ3n) is 3.60. The molecule has 0 spiro atoms. The number of benzene rings is 2. The fourth-order valence-electron chi connectivity index (χ4n) is 2.50. The zero-order chi connectivity index (χ0) is 14.8. The lowest BCUT2D eigenvalue weighted by molar-refractivity contribution is 0.0993. The van der Waals surface area contributed by atoms with Crippen LogP contribution in [0.4, 0.5) is 0 Å². The zero-order valence-corrected chi connectivity index (χ0v) is 12.1. The Morgan fingerprint density at radius 1 is 1.10 bits per heavy atom. The number of H-pyrrole nitrogens is 1. The third kappa shape index (κ3) is 2.82. The van der Waals surface area contributed by atoms with Crippen molar-refractivity contribution in [3.63, 3.8) is 0 Å². The van der Waals surface area contributed by atoms with Crippen LogP contribution in [0.25, 0.3) is 10.9 Å². The monoisotopic (exact) mass is 279 g/mol. The summed E-state index contributed by atoms with van der Waals surface area (Å²) < 4.78 is 5.10. The number of carbonyl (C=O) groups is 1. The maximum absolute atomic E-state index is 12.3. The molecular formula is C18H17NO2. The van der Waals surface area contributed by atoms with Crippen LogP contribution in [0.5, 0.6) is 5.75 Å². The molecule has 1 heterocycles. The summed E-state index contributed by atoms with van der Waals surface area (Å²) in [6.07, 6.45) is 0.409. The molecule has 0 radical (unpaired) electrons. The molecule has 0 unspecified atom stereocenters. The first-order valence-corrected chi connectivity index (χ1v) is 6.91. The number of ketones is 1. The van der Waals surface area contributed by atoms with Gasteiger partial charge >= 0.3 is 0 Å². The standard InChI is InChI=1S/C18H17NO2/c1-12-9-15-10-13(3-8-17(15)19-12)11-18(20)14-4-6-16(21-2)7-5-14/h3-10,19H,11H2,1-2H3. The van der Waals surface area contributed by atoms with E-state index in [0.29, 0.717) is 12.0 Å². The zero-order valence-electron chi connectivity index (χ0n) is 12.1. The summed E-state index contributed by atoms with van der Waals surface area (Å²) in [4.78, 5) is 15.6. The van der Waals surface area contributed by atoms with Crippen molar-refractivity contribution in [2.45, 2.75) is 13.3 Å². The summed E-state index contributed by atoms with van der Waals surface area (Å²) in [5.41, 5.74) is 3.97. The van der Waals surface area contributed by atoms with Gasteiger partial charge in [-0.3, -0.25) is 4.79 Å². The minimum Gasteiger partial charge on any atom is -0.497 e. The summed E-state index contributed by atoms with van der Waals surface area (Å²) in [6, 6.07) is 15.4. The molecular weight excluding hydrogens is 262 g/mol. The Kier molecular flexibility index (Phi) is 3.48. The lowest BCUT2D eigenvalue weighted by Gasteiger charge is -2.04. The van der Waals surface area contributed by atoms with Gasteiger partial charge in [-0.15, -0.1) is 0 Å². The van der Waals surface area contributed by atoms with Crippen LogP contribution in [-0.4, -0.2) is 17.9 Å². The van der Waals surface area contributed by atoms with E-state index in [1.54, 1.807) is 19.2 Å². The topological polar surface area (TPSA) is 42.1 Å². The van der Waals surface area contributed by atoms with Gasteiger partial charge in [0.2, 0.25) is 0 Å². The third-order valence-corrected chi connectivity index (χ3v) is 3.60. The highest BCUT2D eigenvalue weighted by Gasteiger charge is 2.08. The number of fused-ring (bicyclic) bond motifs is 1. The minimum absolute atomic E-state index is 0.115. The highest BCUT2D eigenvalue weighted by Crippen LogP contribution is 2.19. The van der Waals surface area contributed by atoms with Crippen molar-refractivity contribution in [3.8, 4) is 5.75 Å². The summed E-state index contributed by atoms with van der Waals surface area (Å²) in [6.45, 7) is 2.03. The Morgan fingerprint density at radius 3 is 2.57 bits per heavy atom. The molecule has 3 nitrogen and oxygen atoms in total. The van der Waals surface area contributed by atoms with E-state index >= 15 is 0 Å². The second-order valence-corrected chi connectivity index (χ2v) is 5.20. The predicted octanol–water partition coefficient (Wildman–Crippen LogP) is 3.91. The second-order valence-electron chi connectivity index (χ2n) is 5.20. The largest absolute Gasteiger partial charge is 0.497 e. The van der Waals surface area contributed by atoms with E-state index in [0.717, 1.165) is 27.9 Å². The number of hydrogen-bond donors (Lipinski definition) is 1.